The van der Waals surface area contributed by atoms with Gasteiger partial charge in [-0.2, -0.15) is 0 Å². The molecular weight excluding hydrogens is 266 g/mol. The van der Waals surface area contributed by atoms with Crippen molar-refractivity contribution in [3.63, 3.8) is 0 Å². The predicted molar refractivity (Wildman–Crippen MR) is 81.0 cm³/mol. The molecule has 2 atom stereocenters. The fourth-order valence-corrected chi connectivity index (χ4v) is 2.33. The van der Waals surface area contributed by atoms with Gasteiger partial charge in [0.05, 0.1) is 18.8 Å². The zero-order chi connectivity index (χ0) is 15.2. The minimum Gasteiger partial charge on any atom is -0.395 e. The van der Waals surface area contributed by atoms with Gasteiger partial charge < -0.3 is 15.2 Å². The Kier molecular flexibility index (Phi) is 5.38. The number of nitrogens with one attached hydrogen (secondary N) is 1. The molecule has 112 valence electrons. The summed E-state index contributed by atoms with van der Waals surface area (Å²) in [4.78, 5) is 12.2. The first kappa shape index (κ1) is 15.6. The van der Waals surface area contributed by atoms with Gasteiger partial charge in [0.1, 0.15) is 0 Å². The van der Waals surface area contributed by atoms with Crippen LogP contribution in [0.15, 0.2) is 18.2 Å². The molecule has 0 aliphatic carbocycles. The Hall–Kier alpha value is -1.83. The highest BCUT2D eigenvalue weighted by Gasteiger charge is 2.25. The molecule has 1 aromatic carbocycles. The number of ether oxygens (including phenoxy) is 1. The summed E-state index contributed by atoms with van der Waals surface area (Å²) in [6, 6.07) is 5.56. The van der Waals surface area contributed by atoms with Gasteiger partial charge in [0, 0.05) is 24.2 Å². The molecule has 1 aliphatic heterocycles. The van der Waals surface area contributed by atoms with Gasteiger partial charge in [-0.15, -0.1) is 0 Å². The highest BCUT2D eigenvalue weighted by atomic mass is 16.5. The SMILES string of the molecule is Cc1cc(C(=O)NC2CCOC2C)ccc1C#CCCO. The van der Waals surface area contributed by atoms with Gasteiger partial charge in [0.2, 0.25) is 0 Å². The Bertz CT molecular complexity index is 571. The van der Waals surface area contributed by atoms with Crippen LogP contribution in [0.3, 0.4) is 0 Å². The summed E-state index contributed by atoms with van der Waals surface area (Å²) in [5.74, 6) is 5.81. The summed E-state index contributed by atoms with van der Waals surface area (Å²) in [6.07, 6.45) is 1.39. The van der Waals surface area contributed by atoms with Crippen molar-refractivity contribution in [1.82, 2.24) is 5.32 Å². The minimum absolute atomic E-state index is 0.0637. The zero-order valence-electron chi connectivity index (χ0n) is 12.5. The fraction of sp³-hybridized carbons (Fsp3) is 0.471. The molecule has 21 heavy (non-hydrogen) atoms. The van der Waals surface area contributed by atoms with Crippen molar-refractivity contribution in [1.29, 1.82) is 0 Å². The van der Waals surface area contributed by atoms with Crippen molar-refractivity contribution >= 4 is 5.91 Å². The molecular formula is C17H21NO3. The van der Waals surface area contributed by atoms with Crippen LogP contribution in [-0.4, -0.2) is 36.4 Å². The van der Waals surface area contributed by atoms with Crippen LogP contribution in [0.5, 0.6) is 0 Å². The smallest absolute Gasteiger partial charge is 0.251 e. The number of aliphatic hydroxyl groups is 1. The molecule has 0 saturated carbocycles. The molecule has 0 aromatic heterocycles. The maximum Gasteiger partial charge on any atom is 0.251 e. The van der Waals surface area contributed by atoms with E-state index in [2.05, 4.69) is 17.2 Å². The molecule has 1 heterocycles. The molecule has 0 bridgehead atoms. The van der Waals surface area contributed by atoms with Gasteiger partial charge >= 0.3 is 0 Å². The first-order valence-corrected chi connectivity index (χ1v) is 7.24. The Morgan fingerprint density at radius 2 is 2.33 bits per heavy atom. The Balaban J connectivity index is 2.05. The third-order valence-corrected chi connectivity index (χ3v) is 3.64. The van der Waals surface area contributed by atoms with Crippen molar-refractivity contribution in [3.8, 4) is 11.8 Å². The average Bonchev–Trinajstić information content (AvgIpc) is 2.86. The highest BCUT2D eigenvalue weighted by molar-refractivity contribution is 5.94. The van der Waals surface area contributed by atoms with Gasteiger partial charge in [-0.1, -0.05) is 11.8 Å². The van der Waals surface area contributed by atoms with Gasteiger partial charge in [0.25, 0.3) is 5.91 Å². The number of rotatable bonds is 3. The first-order valence-electron chi connectivity index (χ1n) is 7.24. The number of hydrogen-bond acceptors (Lipinski definition) is 3. The highest BCUT2D eigenvalue weighted by Crippen LogP contribution is 2.15. The molecule has 1 amide bonds. The molecule has 1 aromatic rings. The van der Waals surface area contributed by atoms with E-state index in [-0.39, 0.29) is 24.7 Å². The standard InChI is InChI=1S/C17H21NO3/c1-12-11-15(7-6-14(12)5-3-4-9-19)17(20)18-16-8-10-21-13(16)2/h6-7,11,13,16,19H,4,8-10H2,1-2H3,(H,18,20). The maximum atomic E-state index is 12.2. The van der Waals surface area contributed by atoms with E-state index in [1.54, 1.807) is 6.07 Å². The Morgan fingerprint density at radius 3 is 2.95 bits per heavy atom. The second-order valence-electron chi connectivity index (χ2n) is 5.25. The second kappa shape index (κ2) is 7.26. The van der Waals surface area contributed by atoms with Crippen molar-refractivity contribution in [3.05, 3.63) is 34.9 Å². The number of carbonyl (C=O) groups excluding carboxylic acids is 1. The molecule has 4 heteroatoms. The number of carbonyl (C=O) groups is 1. The van der Waals surface area contributed by atoms with Crippen LogP contribution in [-0.2, 0) is 4.74 Å². The summed E-state index contributed by atoms with van der Waals surface area (Å²) >= 11 is 0. The summed E-state index contributed by atoms with van der Waals surface area (Å²) in [5.41, 5.74) is 2.49. The number of aliphatic hydroxyl groups excluding tert-OH is 1. The molecule has 2 unspecified atom stereocenters. The van der Waals surface area contributed by atoms with Crippen LogP contribution in [0.2, 0.25) is 0 Å². The van der Waals surface area contributed by atoms with Crippen molar-refractivity contribution in [2.45, 2.75) is 38.8 Å². The molecule has 1 saturated heterocycles. The second-order valence-corrected chi connectivity index (χ2v) is 5.25. The molecule has 4 nitrogen and oxygen atoms in total. The summed E-state index contributed by atoms with van der Waals surface area (Å²) < 4.78 is 5.45. The third kappa shape index (κ3) is 4.07. The van der Waals surface area contributed by atoms with E-state index in [0.29, 0.717) is 18.6 Å². The van der Waals surface area contributed by atoms with Crippen molar-refractivity contribution in [2.24, 2.45) is 0 Å². The lowest BCUT2D eigenvalue weighted by atomic mass is 10.0. The molecule has 0 radical (unpaired) electrons. The zero-order valence-corrected chi connectivity index (χ0v) is 12.5. The molecule has 2 N–H and O–H groups in total. The molecule has 0 spiro atoms. The minimum atomic E-state index is -0.0738. The first-order chi connectivity index (χ1) is 10.1. The Labute approximate surface area is 125 Å². The quantitative estimate of drug-likeness (QED) is 0.831. The van der Waals surface area contributed by atoms with E-state index >= 15 is 0 Å². The number of benzene rings is 1. The molecule has 1 fully saturated rings. The van der Waals surface area contributed by atoms with Crippen molar-refractivity contribution < 1.29 is 14.6 Å². The van der Waals surface area contributed by atoms with E-state index in [1.165, 1.54) is 0 Å². The lowest BCUT2D eigenvalue weighted by Gasteiger charge is -2.16. The predicted octanol–water partition coefficient (Wildman–Crippen LogP) is 1.64. The summed E-state index contributed by atoms with van der Waals surface area (Å²) in [6.45, 7) is 4.67. The molecule has 2 rings (SSSR count). The van der Waals surface area contributed by atoms with Gasteiger partial charge in [0.15, 0.2) is 0 Å². The van der Waals surface area contributed by atoms with Crippen LogP contribution in [0.1, 0.15) is 41.3 Å². The average molecular weight is 287 g/mol. The summed E-state index contributed by atoms with van der Waals surface area (Å²) in [7, 11) is 0. The Morgan fingerprint density at radius 1 is 1.52 bits per heavy atom. The van der Waals surface area contributed by atoms with Gasteiger partial charge in [-0.05, 0) is 44.0 Å². The van der Waals surface area contributed by atoms with Gasteiger partial charge in [-0.3, -0.25) is 4.79 Å². The van der Waals surface area contributed by atoms with Crippen LogP contribution < -0.4 is 5.32 Å². The van der Waals surface area contributed by atoms with E-state index in [0.717, 1.165) is 17.5 Å². The number of aryl methyl sites for hydroxylation is 1. The van der Waals surface area contributed by atoms with Crippen LogP contribution in [0.4, 0.5) is 0 Å². The molecule has 1 aliphatic rings. The fourth-order valence-electron chi connectivity index (χ4n) is 2.33. The monoisotopic (exact) mass is 287 g/mol. The van der Waals surface area contributed by atoms with E-state index < -0.39 is 0 Å². The van der Waals surface area contributed by atoms with E-state index in [4.69, 9.17) is 9.84 Å². The lowest BCUT2D eigenvalue weighted by molar-refractivity contribution is 0.0866. The van der Waals surface area contributed by atoms with E-state index in [1.807, 2.05) is 26.0 Å². The summed E-state index contributed by atoms with van der Waals surface area (Å²) in [5, 5.41) is 11.7. The van der Waals surface area contributed by atoms with Crippen LogP contribution in [0, 0.1) is 18.8 Å². The van der Waals surface area contributed by atoms with Crippen molar-refractivity contribution in [2.75, 3.05) is 13.2 Å². The number of amides is 1. The lowest BCUT2D eigenvalue weighted by Crippen LogP contribution is -2.39. The topological polar surface area (TPSA) is 58.6 Å². The largest absolute Gasteiger partial charge is 0.395 e. The third-order valence-electron chi connectivity index (χ3n) is 3.64. The maximum absolute atomic E-state index is 12.2. The number of hydrogen-bond donors (Lipinski definition) is 2. The van der Waals surface area contributed by atoms with Gasteiger partial charge in [-0.25, -0.2) is 0 Å². The normalized spacial score (nSPS) is 20.7. The van der Waals surface area contributed by atoms with E-state index in [9.17, 15) is 4.79 Å². The van der Waals surface area contributed by atoms with Crippen LogP contribution in [0.25, 0.3) is 0 Å². The van der Waals surface area contributed by atoms with Crippen LogP contribution >= 0.6 is 0 Å².